The Bertz CT molecular complexity index is 856. The van der Waals surface area contributed by atoms with Crippen LogP contribution in [0, 0.1) is 5.92 Å². The highest BCUT2D eigenvalue weighted by molar-refractivity contribution is 7.89. The zero-order valence-corrected chi connectivity index (χ0v) is 19.4. The van der Waals surface area contributed by atoms with Crippen LogP contribution in [0.15, 0.2) is 21.6 Å². The number of ether oxygens (including phenoxy) is 1. The van der Waals surface area contributed by atoms with Crippen LogP contribution < -0.4 is 4.72 Å². The van der Waals surface area contributed by atoms with Gasteiger partial charge in [-0.2, -0.15) is 0 Å². The third kappa shape index (κ3) is 6.21. The summed E-state index contributed by atoms with van der Waals surface area (Å²) in [6.45, 7) is 10.8. The van der Waals surface area contributed by atoms with Gasteiger partial charge in [0.25, 0.3) is 15.9 Å². The monoisotopic (exact) mass is 443 g/mol. The van der Waals surface area contributed by atoms with E-state index in [1.807, 2.05) is 34.6 Å². The minimum Gasteiger partial charge on any atom is -0.444 e. The van der Waals surface area contributed by atoms with E-state index >= 15 is 0 Å². The summed E-state index contributed by atoms with van der Waals surface area (Å²) >= 11 is 0. The summed E-state index contributed by atoms with van der Waals surface area (Å²) in [5.41, 5.74) is -0.580. The molecular weight excluding hydrogens is 410 g/mol. The molecule has 1 aliphatic heterocycles. The first kappa shape index (κ1) is 24.2. The predicted octanol–water partition coefficient (Wildman–Crippen LogP) is 2.69. The van der Waals surface area contributed by atoms with Crippen LogP contribution in [0.2, 0.25) is 0 Å². The van der Waals surface area contributed by atoms with Crippen LogP contribution in [0.3, 0.4) is 0 Å². The van der Waals surface area contributed by atoms with E-state index in [0.29, 0.717) is 19.6 Å². The van der Waals surface area contributed by atoms with E-state index in [2.05, 4.69) is 4.72 Å². The second-order valence-corrected chi connectivity index (χ2v) is 10.6. The molecule has 0 aliphatic carbocycles. The third-order valence-corrected chi connectivity index (χ3v) is 6.12. The lowest BCUT2D eigenvalue weighted by atomic mass is 9.96. The van der Waals surface area contributed by atoms with Gasteiger partial charge in [0.15, 0.2) is 5.76 Å². The number of amides is 2. The van der Waals surface area contributed by atoms with Crippen LogP contribution in [0.25, 0.3) is 0 Å². The van der Waals surface area contributed by atoms with Crippen molar-refractivity contribution in [2.75, 3.05) is 26.7 Å². The molecule has 0 bridgehead atoms. The molecule has 1 aliphatic rings. The number of carbonyl (C=O) groups excluding carboxylic acids is 2. The molecule has 0 aromatic carbocycles. The Labute approximate surface area is 178 Å². The molecule has 0 radical (unpaired) electrons. The molecule has 2 heterocycles. The average Bonchev–Trinajstić information content (AvgIpc) is 3.15. The maximum Gasteiger partial charge on any atom is 0.410 e. The number of rotatable bonds is 6. The molecule has 1 atom stereocenters. The molecule has 170 valence electrons. The number of piperidine rings is 1. The van der Waals surface area contributed by atoms with Crippen molar-refractivity contribution in [3.05, 3.63) is 17.9 Å². The van der Waals surface area contributed by atoms with E-state index in [4.69, 9.17) is 9.15 Å². The minimum absolute atomic E-state index is 0.0164. The molecule has 2 amide bonds. The molecule has 1 fully saturated rings. The van der Waals surface area contributed by atoms with Gasteiger partial charge in [0.05, 0.1) is 0 Å². The second-order valence-electron chi connectivity index (χ2n) is 8.81. The summed E-state index contributed by atoms with van der Waals surface area (Å²) < 4.78 is 36.6. The van der Waals surface area contributed by atoms with Gasteiger partial charge in [0, 0.05) is 25.7 Å². The first-order chi connectivity index (χ1) is 13.8. The normalized spacial score (nSPS) is 17.8. The molecule has 0 spiro atoms. The van der Waals surface area contributed by atoms with E-state index in [1.165, 1.54) is 19.2 Å². The fourth-order valence-corrected chi connectivity index (χ4v) is 3.98. The molecular formula is C20H33N3O6S. The van der Waals surface area contributed by atoms with Crippen LogP contribution in [0.5, 0.6) is 0 Å². The number of nitrogens with zero attached hydrogens (tertiary/aromatic N) is 2. The summed E-state index contributed by atoms with van der Waals surface area (Å²) in [6, 6.07) is 2.60. The number of sulfonamides is 1. The van der Waals surface area contributed by atoms with Crippen LogP contribution in [0.1, 0.15) is 58.0 Å². The maximum absolute atomic E-state index is 12.8. The van der Waals surface area contributed by atoms with Gasteiger partial charge in [0.1, 0.15) is 5.60 Å². The smallest absolute Gasteiger partial charge is 0.410 e. The number of furan rings is 1. The second kappa shape index (κ2) is 9.38. The van der Waals surface area contributed by atoms with Gasteiger partial charge in [0.2, 0.25) is 5.09 Å². The fraction of sp³-hybridized carbons (Fsp3) is 0.700. The van der Waals surface area contributed by atoms with E-state index in [0.717, 1.165) is 12.8 Å². The van der Waals surface area contributed by atoms with Gasteiger partial charge in [-0.15, -0.1) is 0 Å². The van der Waals surface area contributed by atoms with Gasteiger partial charge in [-0.1, -0.05) is 0 Å². The third-order valence-electron chi connectivity index (χ3n) is 4.84. The molecule has 1 unspecified atom stereocenters. The Morgan fingerprint density at radius 2 is 2.00 bits per heavy atom. The van der Waals surface area contributed by atoms with Crippen molar-refractivity contribution in [2.24, 2.45) is 5.92 Å². The lowest BCUT2D eigenvalue weighted by Gasteiger charge is -2.37. The van der Waals surface area contributed by atoms with Crippen molar-refractivity contribution in [3.8, 4) is 0 Å². The van der Waals surface area contributed by atoms with Crippen molar-refractivity contribution in [3.63, 3.8) is 0 Å². The highest BCUT2D eigenvalue weighted by atomic mass is 32.2. The Morgan fingerprint density at radius 1 is 1.33 bits per heavy atom. The lowest BCUT2D eigenvalue weighted by molar-refractivity contribution is 0.0122. The number of likely N-dealkylation sites (tertiary alicyclic amines) is 1. The molecule has 1 N–H and O–H groups in total. The molecule has 2 rings (SSSR count). The molecule has 10 heteroatoms. The van der Waals surface area contributed by atoms with E-state index < -0.39 is 15.6 Å². The molecule has 1 aromatic heterocycles. The van der Waals surface area contributed by atoms with Crippen molar-refractivity contribution in [1.82, 2.24) is 14.5 Å². The number of hydrogen-bond acceptors (Lipinski definition) is 6. The van der Waals surface area contributed by atoms with Gasteiger partial charge in [-0.05, 0) is 72.6 Å². The number of nitrogens with one attached hydrogen (secondary N) is 1. The topological polar surface area (TPSA) is 109 Å². The molecule has 1 saturated heterocycles. The zero-order chi connectivity index (χ0) is 22.7. The van der Waals surface area contributed by atoms with Crippen LogP contribution >= 0.6 is 0 Å². The Morgan fingerprint density at radius 3 is 2.57 bits per heavy atom. The van der Waals surface area contributed by atoms with Crippen molar-refractivity contribution in [2.45, 2.75) is 64.2 Å². The lowest BCUT2D eigenvalue weighted by Crippen LogP contribution is -2.48. The summed E-state index contributed by atoms with van der Waals surface area (Å²) in [5.74, 6) is -0.281. The van der Waals surface area contributed by atoms with Gasteiger partial charge in [-0.3, -0.25) is 4.79 Å². The van der Waals surface area contributed by atoms with Crippen LogP contribution in [0.4, 0.5) is 4.79 Å². The van der Waals surface area contributed by atoms with Gasteiger partial charge in [-0.25, -0.2) is 17.9 Å². The van der Waals surface area contributed by atoms with Crippen molar-refractivity contribution < 1.29 is 27.2 Å². The first-order valence-electron chi connectivity index (χ1n) is 10.2. The Balaban J connectivity index is 2.07. The summed E-state index contributed by atoms with van der Waals surface area (Å²) in [4.78, 5) is 28.7. The van der Waals surface area contributed by atoms with E-state index in [-0.39, 0.29) is 34.8 Å². The highest BCUT2D eigenvalue weighted by Crippen LogP contribution is 2.23. The van der Waals surface area contributed by atoms with Gasteiger partial charge < -0.3 is 19.0 Å². The summed E-state index contributed by atoms with van der Waals surface area (Å²) in [6.07, 6.45) is 1.31. The Kier molecular flexibility index (Phi) is 7.57. The number of carbonyl (C=O) groups is 2. The quantitative estimate of drug-likeness (QED) is 0.724. The van der Waals surface area contributed by atoms with Gasteiger partial charge >= 0.3 is 6.09 Å². The summed E-state index contributed by atoms with van der Waals surface area (Å²) in [5, 5.41) is -0.294. The SMILES string of the molecule is CNS(=O)(=O)c1ccc(C(=O)N2CCCC(CN(C(=O)OC(C)(C)C)C(C)C)C2)o1. The van der Waals surface area contributed by atoms with Crippen molar-refractivity contribution >= 4 is 22.0 Å². The van der Waals surface area contributed by atoms with E-state index in [1.54, 1.807) is 9.80 Å². The standard InChI is InChI=1S/C20H33N3O6S/c1-14(2)23(19(25)29-20(3,4)5)13-15-8-7-11-22(12-15)18(24)16-9-10-17(28-16)30(26,27)21-6/h9-10,14-15,21H,7-8,11-13H2,1-6H3. The largest absolute Gasteiger partial charge is 0.444 e. The van der Waals surface area contributed by atoms with Crippen LogP contribution in [-0.4, -0.2) is 68.5 Å². The molecule has 30 heavy (non-hydrogen) atoms. The first-order valence-corrected chi connectivity index (χ1v) is 11.6. The average molecular weight is 444 g/mol. The fourth-order valence-electron chi connectivity index (χ4n) is 3.33. The maximum atomic E-state index is 12.8. The van der Waals surface area contributed by atoms with E-state index in [9.17, 15) is 18.0 Å². The molecule has 0 saturated carbocycles. The van der Waals surface area contributed by atoms with Crippen LogP contribution in [-0.2, 0) is 14.8 Å². The highest BCUT2D eigenvalue weighted by Gasteiger charge is 2.31. The number of hydrogen-bond donors (Lipinski definition) is 1. The molecule has 9 nitrogen and oxygen atoms in total. The Hall–Kier alpha value is -2.07. The molecule has 1 aromatic rings. The minimum atomic E-state index is -3.75. The zero-order valence-electron chi connectivity index (χ0n) is 18.6. The predicted molar refractivity (Wildman–Crippen MR) is 112 cm³/mol. The summed E-state index contributed by atoms with van der Waals surface area (Å²) in [7, 11) is -2.47. The van der Waals surface area contributed by atoms with Crippen molar-refractivity contribution in [1.29, 1.82) is 0 Å².